The molecule has 5 nitrogen and oxygen atoms in total. The molecule has 1 aromatic heterocycles. The van der Waals surface area contributed by atoms with Gasteiger partial charge in [0.25, 0.3) is 0 Å². The summed E-state index contributed by atoms with van der Waals surface area (Å²) in [5.74, 6) is 0.479. The van der Waals surface area contributed by atoms with Crippen molar-refractivity contribution >= 4 is 17.5 Å². The second-order valence-electron chi connectivity index (χ2n) is 3.68. The Morgan fingerprint density at radius 3 is 3.19 bits per heavy atom. The molecule has 0 spiro atoms. The zero-order valence-corrected chi connectivity index (χ0v) is 9.61. The molecule has 1 aliphatic heterocycles. The Morgan fingerprint density at radius 1 is 1.56 bits per heavy atom. The average Bonchev–Trinajstić information content (AvgIpc) is 2.32. The van der Waals surface area contributed by atoms with Crippen LogP contribution in [0.3, 0.4) is 0 Å². The van der Waals surface area contributed by atoms with Gasteiger partial charge in [0.1, 0.15) is 11.6 Å². The van der Waals surface area contributed by atoms with Crippen LogP contribution in [0.2, 0.25) is 5.02 Å². The topological polar surface area (TPSA) is 70.3 Å². The summed E-state index contributed by atoms with van der Waals surface area (Å²) in [5.41, 5.74) is 5.44. The van der Waals surface area contributed by atoms with Crippen molar-refractivity contribution in [2.45, 2.75) is 25.4 Å². The lowest BCUT2D eigenvalue weighted by atomic mass is 10.1. The molecule has 6 heteroatoms. The minimum atomic E-state index is 0.126. The monoisotopic (exact) mass is 243 g/mol. The van der Waals surface area contributed by atoms with Gasteiger partial charge in [-0.1, -0.05) is 11.6 Å². The lowest BCUT2D eigenvalue weighted by molar-refractivity contribution is -0.0119. The standard InChI is InChI=1S/C10H14ClN3O2/c11-8-5-13-10(12)14-9(8)16-6-7-3-1-2-4-15-7/h5,7H,1-4,6H2,(H2,12,13,14). The van der Waals surface area contributed by atoms with Crippen LogP contribution in [-0.2, 0) is 4.74 Å². The van der Waals surface area contributed by atoms with Gasteiger partial charge in [-0.15, -0.1) is 0 Å². The third-order valence-electron chi connectivity index (χ3n) is 2.41. The maximum absolute atomic E-state index is 5.87. The van der Waals surface area contributed by atoms with E-state index in [1.165, 1.54) is 12.6 Å². The summed E-state index contributed by atoms with van der Waals surface area (Å²) in [6, 6.07) is 0. The first-order valence-electron chi connectivity index (χ1n) is 5.28. The second kappa shape index (κ2) is 5.32. The first kappa shape index (κ1) is 11.4. The number of nitrogens with two attached hydrogens (primary N) is 1. The Hall–Kier alpha value is -1.07. The molecule has 16 heavy (non-hydrogen) atoms. The fraction of sp³-hybridized carbons (Fsp3) is 0.600. The van der Waals surface area contributed by atoms with Crippen LogP contribution < -0.4 is 10.5 Å². The summed E-state index contributed by atoms with van der Waals surface area (Å²) >= 11 is 5.87. The minimum Gasteiger partial charge on any atom is -0.474 e. The molecule has 0 amide bonds. The van der Waals surface area contributed by atoms with Crippen LogP contribution in [0.15, 0.2) is 6.20 Å². The van der Waals surface area contributed by atoms with E-state index in [2.05, 4.69) is 9.97 Å². The highest BCUT2D eigenvalue weighted by molar-refractivity contribution is 6.31. The van der Waals surface area contributed by atoms with Crippen molar-refractivity contribution in [2.24, 2.45) is 0 Å². The third kappa shape index (κ3) is 2.96. The maximum atomic E-state index is 5.87. The number of anilines is 1. The highest BCUT2D eigenvalue weighted by atomic mass is 35.5. The van der Waals surface area contributed by atoms with Crippen LogP contribution >= 0.6 is 11.6 Å². The third-order valence-corrected chi connectivity index (χ3v) is 2.67. The molecule has 2 N–H and O–H groups in total. The van der Waals surface area contributed by atoms with Crippen LogP contribution in [-0.4, -0.2) is 29.3 Å². The van der Waals surface area contributed by atoms with Crippen LogP contribution in [0.25, 0.3) is 0 Å². The second-order valence-corrected chi connectivity index (χ2v) is 4.09. The SMILES string of the molecule is Nc1ncc(Cl)c(OCC2CCCCO2)n1. The molecule has 1 saturated heterocycles. The molecule has 0 aromatic carbocycles. The normalized spacial score (nSPS) is 20.7. The van der Waals surface area contributed by atoms with Gasteiger partial charge in [-0.3, -0.25) is 0 Å². The zero-order valence-electron chi connectivity index (χ0n) is 8.86. The molecule has 88 valence electrons. The summed E-state index contributed by atoms with van der Waals surface area (Å²) in [6.45, 7) is 1.25. The number of hydrogen-bond donors (Lipinski definition) is 1. The Bertz CT molecular complexity index is 356. The van der Waals surface area contributed by atoms with Crippen molar-refractivity contribution in [3.8, 4) is 5.88 Å². The summed E-state index contributed by atoms with van der Waals surface area (Å²) in [7, 11) is 0. The molecule has 1 atom stereocenters. The quantitative estimate of drug-likeness (QED) is 0.874. The molecule has 1 aliphatic rings. The molecule has 1 unspecified atom stereocenters. The summed E-state index contributed by atoms with van der Waals surface area (Å²) < 4.78 is 11.0. The van der Waals surface area contributed by atoms with Crippen LogP contribution in [0.1, 0.15) is 19.3 Å². The van der Waals surface area contributed by atoms with Crippen molar-refractivity contribution < 1.29 is 9.47 Å². The number of rotatable bonds is 3. The molecule has 0 radical (unpaired) electrons. The Balaban J connectivity index is 1.90. The summed E-state index contributed by atoms with van der Waals surface area (Å²) in [6.07, 6.45) is 4.87. The van der Waals surface area contributed by atoms with E-state index in [-0.39, 0.29) is 12.1 Å². The predicted octanol–water partition coefficient (Wildman–Crippen LogP) is 1.66. The van der Waals surface area contributed by atoms with E-state index < -0.39 is 0 Å². The van der Waals surface area contributed by atoms with Gasteiger partial charge < -0.3 is 15.2 Å². The van der Waals surface area contributed by atoms with Gasteiger partial charge in [0.05, 0.1) is 12.3 Å². The molecule has 0 bridgehead atoms. The number of nitrogens with zero attached hydrogens (tertiary/aromatic N) is 2. The first-order valence-corrected chi connectivity index (χ1v) is 5.66. The van der Waals surface area contributed by atoms with Crippen LogP contribution in [0, 0.1) is 0 Å². The molecule has 1 fully saturated rings. The first-order chi connectivity index (χ1) is 7.75. The number of ether oxygens (including phenoxy) is 2. The maximum Gasteiger partial charge on any atom is 0.237 e. The van der Waals surface area contributed by atoms with Crippen molar-refractivity contribution in [3.63, 3.8) is 0 Å². The average molecular weight is 244 g/mol. The van der Waals surface area contributed by atoms with Crippen molar-refractivity contribution in [1.29, 1.82) is 0 Å². The Labute approximate surface area is 98.9 Å². The fourth-order valence-electron chi connectivity index (χ4n) is 1.58. The summed E-state index contributed by atoms with van der Waals surface area (Å²) in [4.78, 5) is 7.67. The van der Waals surface area contributed by atoms with Gasteiger partial charge >= 0.3 is 0 Å². The number of halogens is 1. The smallest absolute Gasteiger partial charge is 0.237 e. The van der Waals surface area contributed by atoms with E-state index in [1.54, 1.807) is 0 Å². The molecule has 0 aliphatic carbocycles. The fourth-order valence-corrected chi connectivity index (χ4v) is 1.72. The van der Waals surface area contributed by atoms with Crippen molar-refractivity contribution in [2.75, 3.05) is 18.9 Å². The Kier molecular flexibility index (Phi) is 3.79. The predicted molar refractivity (Wildman–Crippen MR) is 60.5 cm³/mol. The molecule has 1 aromatic rings. The van der Waals surface area contributed by atoms with Crippen molar-refractivity contribution in [3.05, 3.63) is 11.2 Å². The van der Waals surface area contributed by atoms with Gasteiger partial charge in [0.2, 0.25) is 11.8 Å². The van der Waals surface area contributed by atoms with Gasteiger partial charge in [0, 0.05) is 6.61 Å². The summed E-state index contributed by atoms with van der Waals surface area (Å²) in [5, 5.41) is 0.366. The van der Waals surface area contributed by atoms with Crippen LogP contribution in [0.4, 0.5) is 5.95 Å². The van der Waals surface area contributed by atoms with Crippen LogP contribution in [0.5, 0.6) is 5.88 Å². The van der Waals surface area contributed by atoms with E-state index >= 15 is 0 Å². The van der Waals surface area contributed by atoms with E-state index in [0.717, 1.165) is 19.4 Å². The highest BCUT2D eigenvalue weighted by Crippen LogP contribution is 2.22. The zero-order chi connectivity index (χ0) is 11.4. The molecule has 2 rings (SSSR count). The Morgan fingerprint density at radius 2 is 2.44 bits per heavy atom. The van der Waals surface area contributed by atoms with Crippen molar-refractivity contribution in [1.82, 2.24) is 9.97 Å². The van der Waals surface area contributed by atoms with E-state index in [0.29, 0.717) is 17.5 Å². The number of nitrogen functional groups attached to an aromatic ring is 1. The molecule has 0 saturated carbocycles. The van der Waals surface area contributed by atoms with E-state index in [9.17, 15) is 0 Å². The van der Waals surface area contributed by atoms with E-state index in [1.807, 2.05) is 0 Å². The highest BCUT2D eigenvalue weighted by Gasteiger charge is 2.15. The molecule has 2 heterocycles. The van der Waals surface area contributed by atoms with Gasteiger partial charge in [-0.05, 0) is 19.3 Å². The number of aromatic nitrogens is 2. The minimum absolute atomic E-state index is 0.126. The van der Waals surface area contributed by atoms with E-state index in [4.69, 9.17) is 26.8 Å². The van der Waals surface area contributed by atoms with Gasteiger partial charge in [-0.2, -0.15) is 4.98 Å². The van der Waals surface area contributed by atoms with Gasteiger partial charge in [0.15, 0.2) is 0 Å². The lowest BCUT2D eigenvalue weighted by Crippen LogP contribution is -2.26. The van der Waals surface area contributed by atoms with Gasteiger partial charge in [-0.25, -0.2) is 4.98 Å². The largest absolute Gasteiger partial charge is 0.474 e. The number of hydrogen-bond acceptors (Lipinski definition) is 5. The molecular formula is C10H14ClN3O2. The molecular weight excluding hydrogens is 230 g/mol. The lowest BCUT2D eigenvalue weighted by Gasteiger charge is -2.22.